The van der Waals surface area contributed by atoms with E-state index in [9.17, 15) is 27.1 Å². The van der Waals surface area contributed by atoms with E-state index in [0.717, 1.165) is 34.3 Å². The van der Waals surface area contributed by atoms with E-state index in [0.29, 0.717) is 28.0 Å². The Morgan fingerprint density at radius 1 is 1.03 bits per heavy atom. The van der Waals surface area contributed by atoms with E-state index in [4.69, 9.17) is 0 Å². The van der Waals surface area contributed by atoms with Gasteiger partial charge < -0.3 is 5.11 Å². The summed E-state index contributed by atoms with van der Waals surface area (Å²) >= 11 is 1.89. The van der Waals surface area contributed by atoms with Crippen LogP contribution in [-0.2, 0) is 18.3 Å². The zero-order valence-electron chi connectivity index (χ0n) is 19.4. The van der Waals surface area contributed by atoms with E-state index in [1.165, 1.54) is 23.4 Å². The largest absolute Gasteiger partial charge is 0.434 e. The van der Waals surface area contributed by atoms with Gasteiger partial charge in [-0.25, -0.2) is 28.4 Å². The van der Waals surface area contributed by atoms with Gasteiger partial charge >= 0.3 is 6.18 Å². The third kappa shape index (κ3) is 5.06. The van der Waals surface area contributed by atoms with Crippen LogP contribution in [0.2, 0.25) is 0 Å². The van der Waals surface area contributed by atoms with Gasteiger partial charge in [0.25, 0.3) is 0 Å². The molecule has 0 aliphatic heterocycles. The predicted octanol–water partition coefficient (Wildman–Crippen LogP) is 5.91. The highest BCUT2D eigenvalue weighted by Crippen LogP contribution is 2.41. The summed E-state index contributed by atoms with van der Waals surface area (Å²) in [5.41, 5.74) is -1.87. The van der Waals surface area contributed by atoms with Gasteiger partial charge in [-0.2, -0.15) is 22.6 Å². The minimum atomic E-state index is -4.51. The van der Waals surface area contributed by atoms with Crippen LogP contribution in [0.4, 0.5) is 22.0 Å². The molecule has 0 aliphatic carbocycles. The van der Waals surface area contributed by atoms with Crippen LogP contribution in [0.1, 0.15) is 29.1 Å². The van der Waals surface area contributed by atoms with E-state index < -0.39 is 35.0 Å². The number of halogens is 5. The normalized spacial score (nSPS) is 14.4. The van der Waals surface area contributed by atoms with Crippen molar-refractivity contribution >= 4 is 22.9 Å². The van der Waals surface area contributed by atoms with Gasteiger partial charge in [-0.15, -0.1) is 11.3 Å². The van der Waals surface area contributed by atoms with Gasteiger partial charge in [0.05, 0.1) is 6.54 Å². The monoisotopic (exact) mass is 564 g/mol. The molecule has 0 bridgehead atoms. The van der Waals surface area contributed by atoms with Gasteiger partial charge in [0.1, 0.15) is 39.9 Å². The lowest BCUT2D eigenvalue weighted by atomic mass is 9.82. The smallest absolute Gasteiger partial charge is 0.382 e. The molecule has 0 amide bonds. The summed E-state index contributed by atoms with van der Waals surface area (Å²) in [4.78, 5) is 12.0. The van der Waals surface area contributed by atoms with Gasteiger partial charge in [-0.1, -0.05) is 37.3 Å². The van der Waals surface area contributed by atoms with Crippen LogP contribution in [0.15, 0.2) is 60.5 Å². The third-order valence-electron chi connectivity index (χ3n) is 5.98. The first kappa shape index (κ1) is 26.0. The van der Waals surface area contributed by atoms with E-state index >= 15 is 0 Å². The van der Waals surface area contributed by atoms with Crippen molar-refractivity contribution in [1.29, 1.82) is 0 Å². The maximum atomic E-state index is 14.8. The van der Waals surface area contributed by atoms with E-state index in [1.54, 1.807) is 31.2 Å². The number of benzene rings is 2. The molecule has 0 spiro atoms. The molecule has 3 aromatic heterocycles. The fourth-order valence-corrected chi connectivity index (χ4v) is 5.53. The molecule has 196 valence electrons. The van der Waals surface area contributed by atoms with Crippen molar-refractivity contribution in [2.75, 3.05) is 0 Å². The highest BCUT2D eigenvalue weighted by molar-refractivity contribution is 7.13. The van der Waals surface area contributed by atoms with Crippen molar-refractivity contribution in [3.8, 4) is 22.0 Å². The number of hydrogen-bond donors (Lipinski definition) is 1. The highest BCUT2D eigenvalue weighted by atomic mass is 32.1. The van der Waals surface area contributed by atoms with Crippen LogP contribution < -0.4 is 0 Å². The van der Waals surface area contributed by atoms with Crippen LogP contribution in [0, 0.1) is 11.6 Å². The van der Waals surface area contributed by atoms with Gasteiger partial charge in [0, 0.05) is 34.1 Å². The Kier molecular flexibility index (Phi) is 6.79. The lowest BCUT2D eigenvalue weighted by Gasteiger charge is -2.33. The number of thiazole rings is 1. The standard InChI is InChI=1S/C24H17F5N6OS2/c1-13(23(36,10-35-12-30-11-31-35)17-7-6-16(25)8-18(17)26)21-33-20(34-38-21)14-2-4-15(5-3-14)22-32-19(9-37-22)24(27,28)29/h2-9,11-13,36H,10H2,1H3/t13-,23+/m0/s1. The lowest BCUT2D eigenvalue weighted by Crippen LogP contribution is -2.38. The molecule has 3 heterocycles. The summed E-state index contributed by atoms with van der Waals surface area (Å²) < 4.78 is 72.7. The van der Waals surface area contributed by atoms with Gasteiger partial charge in [-0.3, -0.25) is 0 Å². The quantitative estimate of drug-likeness (QED) is 0.247. The van der Waals surface area contributed by atoms with Crippen LogP contribution in [0.3, 0.4) is 0 Å². The molecule has 0 saturated heterocycles. The summed E-state index contributed by atoms with van der Waals surface area (Å²) in [6.45, 7) is 1.46. The number of hydrogen-bond acceptors (Lipinski definition) is 8. The summed E-state index contributed by atoms with van der Waals surface area (Å²) in [6, 6.07) is 9.48. The molecule has 7 nitrogen and oxygen atoms in total. The molecule has 0 radical (unpaired) electrons. The molecule has 2 atom stereocenters. The fraction of sp³-hybridized carbons (Fsp3) is 0.208. The topological polar surface area (TPSA) is 89.6 Å². The van der Waals surface area contributed by atoms with Crippen molar-refractivity contribution in [2.45, 2.75) is 31.2 Å². The summed E-state index contributed by atoms with van der Waals surface area (Å²) in [7, 11) is 0. The van der Waals surface area contributed by atoms with E-state index in [2.05, 4.69) is 24.4 Å². The van der Waals surface area contributed by atoms with Gasteiger partial charge in [0.15, 0.2) is 11.5 Å². The predicted molar refractivity (Wildman–Crippen MR) is 130 cm³/mol. The Labute approximate surface area is 220 Å². The van der Waals surface area contributed by atoms with E-state index in [-0.39, 0.29) is 17.1 Å². The van der Waals surface area contributed by atoms with Crippen molar-refractivity contribution in [1.82, 2.24) is 29.1 Å². The SMILES string of the molecule is C[C@@H](c1nc(-c2ccc(-c3nc(C(F)(F)F)cs3)cc2)ns1)[C@](O)(Cn1cncn1)c1ccc(F)cc1F. The molecule has 2 aromatic carbocycles. The van der Waals surface area contributed by atoms with Crippen LogP contribution >= 0.6 is 22.9 Å². The highest BCUT2D eigenvalue weighted by Gasteiger charge is 2.41. The summed E-state index contributed by atoms with van der Waals surface area (Å²) in [6.07, 6.45) is -1.88. The number of aliphatic hydroxyl groups is 1. The second kappa shape index (κ2) is 9.93. The maximum absolute atomic E-state index is 14.8. The second-order valence-electron chi connectivity index (χ2n) is 8.43. The fourth-order valence-electron chi connectivity index (χ4n) is 3.89. The Hall–Kier alpha value is -3.62. The first-order valence-corrected chi connectivity index (χ1v) is 12.7. The molecule has 1 N–H and O–H groups in total. The lowest BCUT2D eigenvalue weighted by molar-refractivity contribution is -0.140. The number of nitrogens with zero attached hydrogens (tertiary/aromatic N) is 6. The molecule has 14 heteroatoms. The Balaban J connectivity index is 1.43. The summed E-state index contributed by atoms with van der Waals surface area (Å²) in [5, 5.41) is 17.3. The molecule has 0 fully saturated rings. The number of aromatic nitrogens is 6. The molecule has 0 unspecified atom stereocenters. The van der Waals surface area contributed by atoms with Gasteiger partial charge in [0.2, 0.25) is 0 Å². The molecular formula is C24H17F5N6OS2. The number of rotatable bonds is 7. The molecular weight excluding hydrogens is 547 g/mol. The Bertz CT molecular complexity index is 1550. The zero-order chi connectivity index (χ0) is 27.1. The zero-order valence-corrected chi connectivity index (χ0v) is 21.0. The van der Waals surface area contributed by atoms with Crippen molar-refractivity contribution in [2.24, 2.45) is 0 Å². The summed E-state index contributed by atoms with van der Waals surface area (Å²) in [5.74, 6) is -2.18. The van der Waals surface area contributed by atoms with Crippen molar-refractivity contribution in [3.63, 3.8) is 0 Å². The average molecular weight is 565 g/mol. The number of alkyl halides is 3. The van der Waals surface area contributed by atoms with E-state index in [1.807, 2.05) is 0 Å². The minimum Gasteiger partial charge on any atom is -0.382 e. The molecule has 5 aromatic rings. The molecule has 0 aliphatic rings. The third-order valence-corrected chi connectivity index (χ3v) is 7.77. The Morgan fingerprint density at radius 3 is 2.39 bits per heavy atom. The van der Waals surface area contributed by atoms with Gasteiger partial charge in [-0.05, 0) is 17.6 Å². The van der Waals surface area contributed by atoms with Crippen LogP contribution in [0.5, 0.6) is 0 Å². The minimum absolute atomic E-state index is 0.135. The Morgan fingerprint density at radius 2 is 1.76 bits per heavy atom. The van der Waals surface area contributed by atoms with Crippen LogP contribution in [0.25, 0.3) is 22.0 Å². The first-order chi connectivity index (χ1) is 18.0. The first-order valence-electron chi connectivity index (χ1n) is 11.0. The average Bonchev–Trinajstić information content (AvgIpc) is 3.65. The van der Waals surface area contributed by atoms with Crippen LogP contribution in [-0.4, -0.2) is 34.2 Å². The molecule has 38 heavy (non-hydrogen) atoms. The maximum Gasteiger partial charge on any atom is 0.434 e. The second-order valence-corrected chi connectivity index (χ2v) is 10.1. The van der Waals surface area contributed by atoms with Crippen molar-refractivity contribution < 1.29 is 27.1 Å². The van der Waals surface area contributed by atoms with Crippen molar-refractivity contribution in [3.05, 3.63) is 88.4 Å². The molecule has 5 rings (SSSR count). The molecule has 0 saturated carbocycles.